The maximum atomic E-state index is 10.2. The van der Waals surface area contributed by atoms with Crippen LogP contribution in [-0.2, 0) is 10.1 Å². The SMILES string of the molecule is O=S(=O)(O)CCCCCCS. The second-order valence-electron chi connectivity index (χ2n) is 2.42. The van der Waals surface area contributed by atoms with Gasteiger partial charge in [0.1, 0.15) is 0 Å². The predicted molar refractivity (Wildman–Crippen MR) is 48.7 cm³/mol. The summed E-state index contributed by atoms with van der Waals surface area (Å²) in [6, 6.07) is 0. The molecule has 0 amide bonds. The summed E-state index contributed by atoms with van der Waals surface area (Å²) in [5.74, 6) is 0.728. The van der Waals surface area contributed by atoms with E-state index < -0.39 is 10.1 Å². The van der Waals surface area contributed by atoms with Crippen molar-refractivity contribution in [1.82, 2.24) is 0 Å². The summed E-state index contributed by atoms with van der Waals surface area (Å²) in [6.07, 6.45) is 3.39. The lowest BCUT2D eigenvalue weighted by molar-refractivity contribution is 0.479. The van der Waals surface area contributed by atoms with Crippen molar-refractivity contribution in [3.8, 4) is 0 Å². The first-order valence-electron chi connectivity index (χ1n) is 3.62. The molecule has 5 heteroatoms. The van der Waals surface area contributed by atoms with Crippen LogP contribution in [0.2, 0.25) is 0 Å². The van der Waals surface area contributed by atoms with Crippen molar-refractivity contribution < 1.29 is 13.0 Å². The van der Waals surface area contributed by atoms with Gasteiger partial charge < -0.3 is 0 Å². The zero-order valence-corrected chi connectivity index (χ0v) is 8.07. The number of hydrogen-bond donors (Lipinski definition) is 2. The lowest BCUT2D eigenvalue weighted by Gasteiger charge is -1.96. The zero-order valence-electron chi connectivity index (χ0n) is 6.36. The van der Waals surface area contributed by atoms with Crippen LogP contribution in [0.3, 0.4) is 0 Å². The predicted octanol–water partition coefficient (Wildman–Crippen LogP) is 1.36. The van der Waals surface area contributed by atoms with E-state index in [9.17, 15) is 8.42 Å². The van der Waals surface area contributed by atoms with Crippen LogP contribution in [-0.4, -0.2) is 24.5 Å². The molecule has 0 aromatic heterocycles. The molecule has 11 heavy (non-hydrogen) atoms. The van der Waals surface area contributed by atoms with Crippen molar-refractivity contribution in [2.24, 2.45) is 0 Å². The summed E-state index contributed by atoms with van der Waals surface area (Å²) in [7, 11) is -3.73. The van der Waals surface area contributed by atoms with Gasteiger partial charge in [0.2, 0.25) is 0 Å². The first-order valence-corrected chi connectivity index (χ1v) is 5.86. The van der Waals surface area contributed by atoms with Crippen molar-refractivity contribution in [2.45, 2.75) is 25.7 Å². The minimum absolute atomic E-state index is 0.112. The molecule has 0 radical (unpaired) electrons. The van der Waals surface area contributed by atoms with Gasteiger partial charge in [-0.15, -0.1) is 0 Å². The Hall–Kier alpha value is 0.260. The van der Waals surface area contributed by atoms with Crippen molar-refractivity contribution in [2.75, 3.05) is 11.5 Å². The quantitative estimate of drug-likeness (QED) is 0.385. The molecule has 0 aliphatic carbocycles. The van der Waals surface area contributed by atoms with Crippen molar-refractivity contribution in [1.29, 1.82) is 0 Å². The lowest BCUT2D eigenvalue weighted by atomic mass is 10.2. The number of thiol groups is 1. The second-order valence-corrected chi connectivity index (χ2v) is 4.44. The van der Waals surface area contributed by atoms with Gasteiger partial charge in [0.05, 0.1) is 5.75 Å². The van der Waals surface area contributed by atoms with Crippen LogP contribution >= 0.6 is 12.6 Å². The highest BCUT2D eigenvalue weighted by Crippen LogP contribution is 2.02. The Morgan fingerprint density at radius 1 is 1.09 bits per heavy atom. The van der Waals surface area contributed by atoms with E-state index in [1.807, 2.05) is 0 Å². The normalized spacial score (nSPS) is 11.8. The Morgan fingerprint density at radius 2 is 1.64 bits per heavy atom. The van der Waals surface area contributed by atoms with E-state index in [-0.39, 0.29) is 5.75 Å². The Labute approximate surface area is 73.3 Å². The topological polar surface area (TPSA) is 54.4 Å². The van der Waals surface area contributed by atoms with Gasteiger partial charge in [-0.25, -0.2) is 0 Å². The van der Waals surface area contributed by atoms with E-state index >= 15 is 0 Å². The van der Waals surface area contributed by atoms with Gasteiger partial charge >= 0.3 is 0 Å². The summed E-state index contributed by atoms with van der Waals surface area (Å²) in [5, 5.41) is 0. The number of rotatable bonds is 6. The van der Waals surface area contributed by atoms with Gasteiger partial charge in [-0.1, -0.05) is 12.8 Å². The van der Waals surface area contributed by atoms with Crippen LogP contribution in [0, 0.1) is 0 Å². The molecular weight excluding hydrogens is 184 g/mol. The Morgan fingerprint density at radius 3 is 2.09 bits per heavy atom. The molecule has 0 spiro atoms. The Bertz CT molecular complexity index is 174. The molecule has 0 heterocycles. The van der Waals surface area contributed by atoms with E-state index in [1.54, 1.807) is 0 Å². The van der Waals surface area contributed by atoms with Crippen molar-refractivity contribution in [3.63, 3.8) is 0 Å². The van der Waals surface area contributed by atoms with E-state index in [4.69, 9.17) is 4.55 Å². The Balaban J connectivity index is 3.16. The maximum Gasteiger partial charge on any atom is 0.264 e. The minimum Gasteiger partial charge on any atom is -0.286 e. The average molecular weight is 198 g/mol. The molecule has 0 saturated heterocycles. The fourth-order valence-electron chi connectivity index (χ4n) is 0.750. The van der Waals surface area contributed by atoms with Crippen LogP contribution in [0.4, 0.5) is 0 Å². The van der Waals surface area contributed by atoms with Crippen LogP contribution in [0.25, 0.3) is 0 Å². The highest BCUT2D eigenvalue weighted by atomic mass is 32.2. The molecule has 0 saturated carbocycles. The molecule has 3 nitrogen and oxygen atoms in total. The number of unbranched alkanes of at least 4 members (excludes halogenated alkanes) is 3. The van der Waals surface area contributed by atoms with Gasteiger partial charge in [-0.05, 0) is 18.6 Å². The van der Waals surface area contributed by atoms with E-state index in [0.717, 1.165) is 25.0 Å². The van der Waals surface area contributed by atoms with Gasteiger partial charge in [0.25, 0.3) is 10.1 Å². The molecule has 68 valence electrons. The maximum absolute atomic E-state index is 10.2. The summed E-state index contributed by atoms with van der Waals surface area (Å²) in [4.78, 5) is 0. The highest BCUT2D eigenvalue weighted by molar-refractivity contribution is 7.85. The van der Waals surface area contributed by atoms with Crippen LogP contribution in [0.1, 0.15) is 25.7 Å². The van der Waals surface area contributed by atoms with Crippen LogP contribution < -0.4 is 0 Å². The fraction of sp³-hybridized carbons (Fsp3) is 1.00. The molecule has 0 aromatic carbocycles. The van der Waals surface area contributed by atoms with Crippen LogP contribution in [0.5, 0.6) is 0 Å². The standard InChI is InChI=1S/C6H14O3S2/c7-11(8,9)6-4-2-1-3-5-10/h10H,1-6H2,(H,7,8,9). The lowest BCUT2D eigenvalue weighted by Crippen LogP contribution is -2.03. The van der Waals surface area contributed by atoms with Crippen LogP contribution in [0.15, 0.2) is 0 Å². The molecule has 0 aliphatic heterocycles. The molecule has 0 fully saturated rings. The van der Waals surface area contributed by atoms with E-state index in [1.165, 1.54) is 0 Å². The Kier molecular flexibility index (Phi) is 5.99. The third-order valence-corrected chi connectivity index (χ3v) is 2.43. The van der Waals surface area contributed by atoms with E-state index in [2.05, 4.69) is 12.6 Å². The highest BCUT2D eigenvalue weighted by Gasteiger charge is 2.02. The van der Waals surface area contributed by atoms with Gasteiger partial charge in [-0.3, -0.25) is 4.55 Å². The molecule has 0 unspecified atom stereocenters. The van der Waals surface area contributed by atoms with Crippen molar-refractivity contribution in [3.05, 3.63) is 0 Å². The summed E-state index contributed by atoms with van der Waals surface area (Å²) in [5.41, 5.74) is 0. The third-order valence-electron chi connectivity index (χ3n) is 1.31. The molecule has 0 aromatic rings. The number of hydrogen-bond acceptors (Lipinski definition) is 3. The molecule has 0 rings (SSSR count). The largest absolute Gasteiger partial charge is 0.286 e. The molecule has 0 aliphatic rings. The smallest absolute Gasteiger partial charge is 0.264 e. The molecular formula is C6H14O3S2. The molecule has 1 N–H and O–H groups in total. The molecule has 0 atom stereocenters. The van der Waals surface area contributed by atoms with Crippen molar-refractivity contribution >= 4 is 22.7 Å². The van der Waals surface area contributed by atoms with Gasteiger partial charge in [0, 0.05) is 0 Å². The summed E-state index contributed by atoms with van der Waals surface area (Å²) < 4.78 is 28.7. The zero-order chi connectivity index (χ0) is 8.74. The second kappa shape index (κ2) is 5.85. The summed E-state index contributed by atoms with van der Waals surface area (Å²) >= 11 is 4.01. The van der Waals surface area contributed by atoms with E-state index in [0.29, 0.717) is 6.42 Å². The summed E-state index contributed by atoms with van der Waals surface area (Å²) in [6.45, 7) is 0. The first kappa shape index (κ1) is 11.3. The first-order chi connectivity index (χ1) is 5.06. The van der Waals surface area contributed by atoms with Gasteiger partial charge in [-0.2, -0.15) is 21.0 Å². The van der Waals surface area contributed by atoms with Gasteiger partial charge in [0.15, 0.2) is 0 Å². The fourth-order valence-corrected chi connectivity index (χ4v) is 1.54. The minimum atomic E-state index is -3.73. The molecule has 0 bridgehead atoms. The average Bonchev–Trinajstić information content (AvgIpc) is 1.85. The monoisotopic (exact) mass is 198 g/mol. The third kappa shape index (κ3) is 10.3.